The zero-order chi connectivity index (χ0) is 11.7. The zero-order valence-corrected chi connectivity index (χ0v) is 7.81. The van der Waals surface area contributed by atoms with E-state index in [-0.39, 0.29) is 0 Å². The minimum atomic E-state index is 0.367. The summed E-state index contributed by atoms with van der Waals surface area (Å²) in [6.45, 7) is 0. The van der Waals surface area contributed by atoms with E-state index >= 15 is 0 Å². The second-order valence-corrected chi connectivity index (χ2v) is 3.08. The molecule has 0 bridgehead atoms. The number of nitrogen functional groups attached to an aromatic ring is 2. The Balaban J connectivity index is 2.66. The van der Waals surface area contributed by atoms with Crippen LogP contribution in [0, 0.1) is 0 Å². The minimum Gasteiger partial charge on any atom is -0.397 e. The first-order chi connectivity index (χ1) is 7.61. The van der Waals surface area contributed by atoms with Crippen molar-refractivity contribution >= 4 is 11.4 Å². The summed E-state index contributed by atoms with van der Waals surface area (Å²) in [5.74, 6) is 0. The summed E-state index contributed by atoms with van der Waals surface area (Å²) in [4.78, 5) is 0. The van der Waals surface area contributed by atoms with E-state index in [2.05, 4.69) is 5.10 Å². The quantitative estimate of drug-likeness (QED) is 0.700. The first kappa shape index (κ1) is 6.48. The predicted molar refractivity (Wildman–Crippen MR) is 57.5 cm³/mol. The van der Waals surface area contributed by atoms with Crippen molar-refractivity contribution in [1.82, 2.24) is 9.78 Å². The van der Waals surface area contributed by atoms with Gasteiger partial charge < -0.3 is 11.5 Å². The van der Waals surface area contributed by atoms with Crippen LogP contribution in [-0.4, -0.2) is 9.78 Å². The summed E-state index contributed by atoms with van der Waals surface area (Å²) >= 11 is 0. The van der Waals surface area contributed by atoms with Crippen LogP contribution in [0.2, 0.25) is 2.82 Å². The first-order valence-electron chi connectivity index (χ1n) is 5.15. The van der Waals surface area contributed by atoms with Crippen LogP contribution in [0.25, 0.3) is 11.3 Å². The van der Waals surface area contributed by atoms with Crippen LogP contribution in [0.3, 0.4) is 0 Å². The molecule has 0 aliphatic rings. The number of nitrogens with zero attached hydrogens (tertiary/aromatic N) is 2. The summed E-state index contributed by atoms with van der Waals surface area (Å²) in [7, 11) is 1.81. The largest absolute Gasteiger partial charge is 0.397 e. The Morgan fingerprint density at radius 2 is 2.29 bits per heavy atom. The Kier molecular flexibility index (Phi) is 1.42. The minimum absolute atomic E-state index is 0.367. The van der Waals surface area contributed by atoms with Gasteiger partial charge in [-0.25, -0.2) is 0 Å². The van der Waals surface area contributed by atoms with Crippen molar-refractivity contribution < 1.29 is 2.82 Å². The van der Waals surface area contributed by atoms with Gasteiger partial charge in [-0.2, -0.15) is 5.10 Å². The molecule has 0 aliphatic heterocycles. The first-order valence-corrected chi connectivity index (χ1v) is 4.26. The maximum atomic E-state index is 7.36. The number of para-hydroxylation sites is 1. The average molecular weight is 190 g/mol. The van der Waals surface area contributed by atoms with Crippen LogP contribution in [0.1, 0.15) is 0 Å². The van der Waals surface area contributed by atoms with Crippen LogP contribution in [0.4, 0.5) is 11.4 Å². The molecule has 1 aromatic heterocycles. The molecule has 0 saturated carbocycles. The molecule has 1 aromatic carbocycles. The summed E-state index contributed by atoms with van der Waals surface area (Å²) in [6, 6.07) is 7.11. The van der Waals surface area contributed by atoms with Crippen molar-refractivity contribution in [2.45, 2.75) is 0 Å². The second kappa shape index (κ2) is 3.06. The van der Waals surface area contributed by atoms with Crippen molar-refractivity contribution in [3.8, 4) is 11.3 Å². The molecule has 0 amide bonds. The molecule has 0 radical (unpaired) electrons. The third kappa shape index (κ3) is 1.21. The topological polar surface area (TPSA) is 69.9 Å². The molecule has 0 aliphatic carbocycles. The molecule has 0 fully saturated rings. The van der Waals surface area contributed by atoms with Crippen LogP contribution < -0.4 is 11.5 Å². The highest BCUT2D eigenvalue weighted by Crippen LogP contribution is 2.28. The lowest BCUT2D eigenvalue weighted by Crippen LogP contribution is -2.00. The molecule has 4 N–H and O–H groups in total. The van der Waals surface area contributed by atoms with Gasteiger partial charge >= 0.3 is 0 Å². The Bertz CT molecular complexity index is 507. The van der Waals surface area contributed by atoms with Crippen molar-refractivity contribution in [3.63, 3.8) is 0 Å². The highest BCUT2D eigenvalue weighted by Gasteiger charge is 2.07. The van der Waals surface area contributed by atoms with Gasteiger partial charge in [0.25, 0.3) is 0 Å². The number of aromatic nitrogens is 2. The molecule has 0 unspecified atom stereocenters. The van der Waals surface area contributed by atoms with Crippen molar-refractivity contribution in [3.05, 3.63) is 30.5 Å². The number of nitrogens with two attached hydrogens (primary N) is 2. The molecule has 0 saturated heterocycles. The number of benzene rings is 1. The van der Waals surface area contributed by atoms with Crippen molar-refractivity contribution in [2.75, 3.05) is 11.5 Å². The fraction of sp³-hybridized carbons (Fsp3) is 0.100. The molecule has 14 heavy (non-hydrogen) atoms. The monoisotopic (exact) mass is 190 g/mol. The maximum absolute atomic E-state index is 7.36. The smallest absolute Gasteiger partial charge is 0.156 e. The van der Waals surface area contributed by atoms with Gasteiger partial charge in [0.2, 0.25) is 0 Å². The SMILES string of the molecule is [2H]N([2H])c1c(N)cccc1-c1ccnn1C. The third-order valence-corrected chi connectivity index (χ3v) is 2.16. The number of rotatable bonds is 2. The number of anilines is 2. The van der Waals surface area contributed by atoms with E-state index < -0.39 is 0 Å². The lowest BCUT2D eigenvalue weighted by Gasteiger charge is -2.07. The fourth-order valence-corrected chi connectivity index (χ4v) is 1.41. The van der Waals surface area contributed by atoms with E-state index in [0.717, 1.165) is 11.3 Å². The standard InChI is InChI=1S/C10H12N4/c1-14-9(5-6-13-14)7-3-2-4-8(11)10(7)12/h2-6H,11-12H2,1H3/i/hD2. The molecule has 4 heteroatoms. The van der Waals surface area contributed by atoms with Gasteiger partial charge in [-0.1, -0.05) is 12.1 Å². The van der Waals surface area contributed by atoms with E-state index in [1.54, 1.807) is 30.1 Å². The van der Waals surface area contributed by atoms with Gasteiger partial charge in [0.1, 0.15) is 0 Å². The van der Waals surface area contributed by atoms with Gasteiger partial charge in [0, 0.05) is 18.8 Å². The van der Waals surface area contributed by atoms with Gasteiger partial charge in [0.05, 0.1) is 17.1 Å². The molecule has 0 atom stereocenters. The van der Waals surface area contributed by atoms with Gasteiger partial charge in [-0.3, -0.25) is 4.68 Å². The third-order valence-electron chi connectivity index (χ3n) is 2.16. The molecule has 1 heterocycles. The van der Waals surface area contributed by atoms with Crippen LogP contribution in [0.5, 0.6) is 0 Å². The zero-order valence-electron chi connectivity index (χ0n) is 9.81. The lowest BCUT2D eigenvalue weighted by atomic mass is 10.1. The summed E-state index contributed by atoms with van der Waals surface area (Å²) in [5, 5.41) is 4.06. The van der Waals surface area contributed by atoms with Crippen LogP contribution >= 0.6 is 0 Å². The molecule has 2 rings (SSSR count). The van der Waals surface area contributed by atoms with Gasteiger partial charge in [-0.15, -0.1) is 0 Å². The maximum Gasteiger partial charge on any atom is 0.156 e. The lowest BCUT2D eigenvalue weighted by molar-refractivity contribution is 0.776. The fourth-order valence-electron chi connectivity index (χ4n) is 1.41. The van der Waals surface area contributed by atoms with Crippen LogP contribution in [0.15, 0.2) is 30.5 Å². The Morgan fingerprint density at radius 1 is 1.43 bits per heavy atom. The Labute approximate surface area is 85.1 Å². The summed E-state index contributed by atoms with van der Waals surface area (Å²) in [6.07, 6.45) is 1.67. The molecule has 4 nitrogen and oxygen atoms in total. The molecule has 2 aromatic rings. The number of aryl methyl sites for hydroxylation is 1. The van der Waals surface area contributed by atoms with Crippen molar-refractivity contribution in [1.29, 1.82) is 0 Å². The average Bonchev–Trinajstić information content (AvgIpc) is 2.63. The summed E-state index contributed by atoms with van der Waals surface area (Å²) < 4.78 is 16.4. The molecule has 0 spiro atoms. The van der Waals surface area contributed by atoms with E-state index in [1.807, 2.05) is 12.1 Å². The Morgan fingerprint density at radius 3 is 2.93 bits per heavy atom. The number of hydrogen-bond donors (Lipinski definition) is 2. The highest BCUT2D eigenvalue weighted by molar-refractivity contribution is 5.82. The van der Waals surface area contributed by atoms with E-state index in [1.165, 1.54) is 0 Å². The Hall–Kier alpha value is -1.97. The van der Waals surface area contributed by atoms with Crippen molar-refractivity contribution in [2.24, 2.45) is 7.05 Å². The highest BCUT2D eigenvalue weighted by atomic mass is 15.3. The number of hydrogen-bond acceptors (Lipinski definition) is 3. The van der Waals surface area contributed by atoms with Gasteiger partial charge in [-0.05, 0) is 12.1 Å². The van der Waals surface area contributed by atoms with Gasteiger partial charge in [0.15, 0.2) is 2.82 Å². The normalized spacial score (nSPS) is 12.1. The van der Waals surface area contributed by atoms with E-state index in [9.17, 15) is 0 Å². The predicted octanol–water partition coefficient (Wildman–Crippen LogP) is 1.25. The molecular weight excluding hydrogens is 176 g/mol. The summed E-state index contributed by atoms with van der Waals surface area (Å²) in [5.41, 5.74) is 8.62. The second-order valence-electron chi connectivity index (χ2n) is 3.08. The molecule has 72 valence electrons. The van der Waals surface area contributed by atoms with Crippen LogP contribution in [-0.2, 0) is 7.05 Å². The molecular formula is C10H12N4. The van der Waals surface area contributed by atoms with E-state index in [0.29, 0.717) is 17.1 Å². The van der Waals surface area contributed by atoms with E-state index in [4.69, 9.17) is 8.56 Å².